The molecule has 1 aliphatic rings. The Balaban J connectivity index is 1.80. The summed E-state index contributed by atoms with van der Waals surface area (Å²) in [5, 5.41) is 3.73. The van der Waals surface area contributed by atoms with Crippen LogP contribution in [0.25, 0.3) is 0 Å². The lowest BCUT2D eigenvalue weighted by Gasteiger charge is -2.25. The number of hydrogen-bond donors (Lipinski definition) is 1. The van der Waals surface area contributed by atoms with Crippen molar-refractivity contribution >= 4 is 33.4 Å². The number of benzene rings is 2. The average molecular weight is 408 g/mol. The van der Waals surface area contributed by atoms with Crippen molar-refractivity contribution < 1.29 is 4.79 Å². The molecule has 0 aromatic heterocycles. The Kier molecular flexibility index (Phi) is 5.93. The number of likely N-dealkylation sites (tertiary alicyclic amines) is 1. The summed E-state index contributed by atoms with van der Waals surface area (Å²) in [7, 11) is 0. The lowest BCUT2D eigenvalue weighted by atomic mass is 10.1. The van der Waals surface area contributed by atoms with E-state index in [4.69, 9.17) is 11.6 Å². The van der Waals surface area contributed by atoms with Crippen molar-refractivity contribution in [3.8, 4) is 0 Å². The summed E-state index contributed by atoms with van der Waals surface area (Å²) in [6, 6.07) is 15.4. The van der Waals surface area contributed by atoms with Crippen molar-refractivity contribution in [3.05, 3.63) is 69.2 Å². The van der Waals surface area contributed by atoms with E-state index in [9.17, 15) is 4.79 Å². The lowest BCUT2D eigenvalue weighted by Crippen LogP contribution is -2.37. The third-order valence-corrected chi connectivity index (χ3v) is 5.25. The molecule has 3 nitrogen and oxygen atoms in total. The van der Waals surface area contributed by atoms with Gasteiger partial charge in [0.1, 0.15) is 0 Å². The number of rotatable bonds is 5. The van der Waals surface area contributed by atoms with Crippen molar-refractivity contribution in [2.75, 3.05) is 19.6 Å². The third-order valence-electron chi connectivity index (χ3n) is 4.32. The Morgan fingerprint density at radius 3 is 2.58 bits per heavy atom. The van der Waals surface area contributed by atoms with Crippen LogP contribution in [0.5, 0.6) is 0 Å². The van der Waals surface area contributed by atoms with Gasteiger partial charge in [0.15, 0.2) is 0 Å². The number of carbonyl (C=O) groups is 1. The highest BCUT2D eigenvalue weighted by atomic mass is 79.9. The van der Waals surface area contributed by atoms with Gasteiger partial charge in [-0.05, 0) is 65.6 Å². The average Bonchev–Trinajstić information content (AvgIpc) is 3.10. The smallest absolute Gasteiger partial charge is 0.253 e. The fourth-order valence-electron chi connectivity index (χ4n) is 3.05. The monoisotopic (exact) mass is 406 g/mol. The number of nitrogens with one attached hydrogen (secondary N) is 1. The molecule has 2 aromatic rings. The Bertz CT molecular complexity index is 702. The largest absolute Gasteiger partial charge is 0.344 e. The Labute approximate surface area is 156 Å². The lowest BCUT2D eigenvalue weighted by molar-refractivity contribution is 0.0926. The zero-order valence-electron chi connectivity index (χ0n) is 13.3. The fourth-order valence-corrected chi connectivity index (χ4v) is 3.65. The van der Waals surface area contributed by atoms with Gasteiger partial charge in [-0.15, -0.1) is 0 Å². The van der Waals surface area contributed by atoms with Crippen molar-refractivity contribution in [3.63, 3.8) is 0 Å². The molecule has 1 heterocycles. The highest BCUT2D eigenvalue weighted by Gasteiger charge is 2.22. The second kappa shape index (κ2) is 8.15. The number of halogens is 2. The molecule has 1 fully saturated rings. The van der Waals surface area contributed by atoms with Crippen LogP contribution in [-0.4, -0.2) is 30.4 Å². The molecule has 0 saturated carbocycles. The molecule has 3 rings (SSSR count). The zero-order valence-corrected chi connectivity index (χ0v) is 15.7. The predicted octanol–water partition coefficient (Wildman–Crippen LogP) is 4.67. The number of nitrogens with zero attached hydrogens (tertiary/aromatic N) is 1. The predicted molar refractivity (Wildman–Crippen MR) is 101 cm³/mol. The van der Waals surface area contributed by atoms with Gasteiger partial charge in [-0.1, -0.05) is 41.9 Å². The zero-order chi connectivity index (χ0) is 16.9. The molecule has 0 bridgehead atoms. The van der Waals surface area contributed by atoms with Gasteiger partial charge < -0.3 is 10.2 Å². The van der Waals surface area contributed by atoms with Gasteiger partial charge in [0.05, 0.1) is 11.6 Å². The van der Waals surface area contributed by atoms with Gasteiger partial charge >= 0.3 is 0 Å². The van der Waals surface area contributed by atoms with E-state index in [1.54, 1.807) is 18.2 Å². The molecule has 1 atom stereocenters. The highest BCUT2D eigenvalue weighted by Crippen LogP contribution is 2.23. The summed E-state index contributed by atoms with van der Waals surface area (Å²) in [4.78, 5) is 15.2. The highest BCUT2D eigenvalue weighted by molar-refractivity contribution is 9.10. The fraction of sp³-hybridized carbons (Fsp3) is 0.316. The van der Waals surface area contributed by atoms with E-state index in [1.807, 2.05) is 18.2 Å². The molecular weight excluding hydrogens is 388 g/mol. The Morgan fingerprint density at radius 1 is 1.17 bits per heavy atom. The maximum atomic E-state index is 12.8. The molecule has 1 unspecified atom stereocenters. The van der Waals surface area contributed by atoms with Gasteiger partial charge in [-0.3, -0.25) is 4.79 Å². The minimum absolute atomic E-state index is 0.0392. The molecule has 0 spiro atoms. The first-order valence-corrected chi connectivity index (χ1v) is 9.34. The van der Waals surface area contributed by atoms with Crippen molar-refractivity contribution in [1.29, 1.82) is 0 Å². The van der Waals surface area contributed by atoms with Crippen LogP contribution in [0.2, 0.25) is 5.02 Å². The van der Waals surface area contributed by atoms with Crippen LogP contribution in [0.3, 0.4) is 0 Å². The molecule has 0 radical (unpaired) electrons. The van der Waals surface area contributed by atoms with Gasteiger partial charge in [-0.25, -0.2) is 0 Å². The van der Waals surface area contributed by atoms with Gasteiger partial charge in [0, 0.05) is 16.0 Å². The molecule has 5 heteroatoms. The summed E-state index contributed by atoms with van der Waals surface area (Å²) in [6.07, 6.45) is 2.46. The van der Waals surface area contributed by atoms with E-state index in [2.05, 4.69) is 38.3 Å². The first-order valence-electron chi connectivity index (χ1n) is 8.17. The quantitative estimate of drug-likeness (QED) is 0.781. The van der Waals surface area contributed by atoms with Crippen LogP contribution in [0.4, 0.5) is 0 Å². The van der Waals surface area contributed by atoms with Crippen LogP contribution in [0, 0.1) is 0 Å². The maximum Gasteiger partial charge on any atom is 0.253 e. The molecule has 1 aliphatic heterocycles. The first-order chi connectivity index (χ1) is 11.6. The summed E-state index contributed by atoms with van der Waals surface area (Å²) in [6.45, 7) is 3.02. The van der Waals surface area contributed by atoms with E-state index in [0.29, 0.717) is 10.6 Å². The van der Waals surface area contributed by atoms with Crippen molar-refractivity contribution in [2.24, 2.45) is 0 Å². The van der Waals surface area contributed by atoms with Gasteiger partial charge in [0.25, 0.3) is 5.91 Å². The normalized spacial score (nSPS) is 16.1. The Hall–Kier alpha value is -1.36. The standard InChI is InChI=1S/C19H20BrClN2O/c20-17-9-8-15(21)12-16(17)19(24)22-18(13-23-10-4-5-11-23)14-6-2-1-3-7-14/h1-3,6-9,12,18H,4-5,10-11,13H2,(H,22,24). The van der Waals surface area contributed by atoms with Crippen molar-refractivity contribution in [1.82, 2.24) is 10.2 Å². The van der Waals surface area contributed by atoms with Crippen LogP contribution < -0.4 is 5.32 Å². The van der Waals surface area contributed by atoms with E-state index in [-0.39, 0.29) is 11.9 Å². The molecule has 126 valence electrons. The van der Waals surface area contributed by atoms with E-state index in [0.717, 1.165) is 29.7 Å². The second-order valence-corrected chi connectivity index (χ2v) is 7.36. The molecule has 2 aromatic carbocycles. The second-order valence-electron chi connectivity index (χ2n) is 6.07. The molecule has 24 heavy (non-hydrogen) atoms. The summed E-state index contributed by atoms with van der Waals surface area (Å²) in [5.74, 6) is -0.113. The number of amides is 1. The van der Waals surface area contributed by atoms with E-state index >= 15 is 0 Å². The minimum atomic E-state index is -0.113. The van der Waals surface area contributed by atoms with Gasteiger partial charge in [-0.2, -0.15) is 0 Å². The summed E-state index contributed by atoms with van der Waals surface area (Å²) in [5.41, 5.74) is 1.68. The molecular formula is C19H20BrClN2O. The Morgan fingerprint density at radius 2 is 1.88 bits per heavy atom. The molecule has 1 amide bonds. The van der Waals surface area contributed by atoms with Crippen LogP contribution >= 0.6 is 27.5 Å². The number of carbonyl (C=O) groups excluding carboxylic acids is 1. The van der Waals surface area contributed by atoms with Crippen LogP contribution in [0.15, 0.2) is 53.0 Å². The topological polar surface area (TPSA) is 32.3 Å². The van der Waals surface area contributed by atoms with E-state index < -0.39 is 0 Å². The van der Waals surface area contributed by atoms with E-state index in [1.165, 1.54) is 12.8 Å². The van der Waals surface area contributed by atoms with Crippen LogP contribution in [0.1, 0.15) is 34.8 Å². The van der Waals surface area contributed by atoms with Crippen LogP contribution in [-0.2, 0) is 0 Å². The maximum absolute atomic E-state index is 12.8. The minimum Gasteiger partial charge on any atom is -0.344 e. The molecule has 0 aliphatic carbocycles. The summed E-state index contributed by atoms with van der Waals surface area (Å²) >= 11 is 9.48. The van der Waals surface area contributed by atoms with Crippen molar-refractivity contribution in [2.45, 2.75) is 18.9 Å². The number of hydrogen-bond acceptors (Lipinski definition) is 2. The first kappa shape index (κ1) is 17.5. The summed E-state index contributed by atoms with van der Waals surface area (Å²) < 4.78 is 0.748. The molecule has 1 saturated heterocycles. The third kappa shape index (κ3) is 4.38. The van der Waals surface area contributed by atoms with Gasteiger partial charge in [0.2, 0.25) is 0 Å². The molecule has 1 N–H and O–H groups in total. The SMILES string of the molecule is O=C(NC(CN1CCCC1)c1ccccc1)c1cc(Cl)ccc1Br.